The largest absolute Gasteiger partial charge is 0.355 e. The molecule has 3 rings (SSSR count). The highest BCUT2D eigenvalue weighted by Crippen LogP contribution is 2.27. The van der Waals surface area contributed by atoms with Crippen molar-refractivity contribution >= 4 is 60.8 Å². The Morgan fingerprint density at radius 2 is 1.54 bits per heavy atom. The molecule has 0 spiro atoms. The molecule has 0 aromatic heterocycles. The summed E-state index contributed by atoms with van der Waals surface area (Å²) in [4.78, 5) is 15.5. The predicted molar refractivity (Wildman–Crippen MR) is 121 cm³/mol. The van der Waals surface area contributed by atoms with Gasteiger partial charge in [-0.15, -0.1) is 0 Å². The van der Waals surface area contributed by atoms with E-state index in [2.05, 4.69) is 42.2 Å². The molecular formula is C21H15Br2N3O2. The Morgan fingerprint density at radius 3 is 2.18 bits per heavy atom. The molecule has 0 bridgehead atoms. The molecule has 0 heterocycles. The highest BCUT2D eigenvalue weighted by molar-refractivity contribution is 9.10. The number of anilines is 1. The van der Waals surface area contributed by atoms with Gasteiger partial charge in [0.05, 0.1) is 21.9 Å². The van der Waals surface area contributed by atoms with Gasteiger partial charge in [0, 0.05) is 26.9 Å². The van der Waals surface area contributed by atoms with E-state index in [-0.39, 0.29) is 5.69 Å². The van der Waals surface area contributed by atoms with E-state index < -0.39 is 4.92 Å². The van der Waals surface area contributed by atoms with Gasteiger partial charge in [-0.2, -0.15) is 0 Å². The fourth-order valence-corrected chi connectivity index (χ4v) is 3.00. The van der Waals surface area contributed by atoms with Crippen molar-refractivity contribution in [3.05, 3.63) is 103 Å². The molecule has 0 aliphatic heterocycles. The maximum absolute atomic E-state index is 11.5. The van der Waals surface area contributed by atoms with Gasteiger partial charge in [-0.05, 0) is 60.7 Å². The molecule has 28 heavy (non-hydrogen) atoms. The van der Waals surface area contributed by atoms with Gasteiger partial charge >= 0.3 is 0 Å². The molecule has 5 nitrogen and oxygen atoms in total. The Labute approximate surface area is 179 Å². The molecule has 0 unspecified atom stereocenters. The van der Waals surface area contributed by atoms with Crippen molar-refractivity contribution in [1.29, 1.82) is 0 Å². The van der Waals surface area contributed by atoms with Crippen molar-refractivity contribution in [1.82, 2.24) is 0 Å². The second-order valence-electron chi connectivity index (χ2n) is 5.74. The lowest BCUT2D eigenvalue weighted by molar-refractivity contribution is -0.385. The van der Waals surface area contributed by atoms with Crippen LogP contribution in [0.3, 0.4) is 0 Å². The average Bonchev–Trinajstić information content (AvgIpc) is 2.70. The zero-order valence-corrected chi connectivity index (χ0v) is 17.7. The van der Waals surface area contributed by atoms with E-state index in [1.807, 2.05) is 48.5 Å². The molecule has 0 amide bonds. The van der Waals surface area contributed by atoms with E-state index in [9.17, 15) is 10.1 Å². The van der Waals surface area contributed by atoms with Crippen LogP contribution < -0.4 is 5.32 Å². The van der Waals surface area contributed by atoms with Gasteiger partial charge in [0.15, 0.2) is 0 Å². The first-order valence-corrected chi connectivity index (χ1v) is 9.88. The highest BCUT2D eigenvalue weighted by Gasteiger charge is 2.16. The molecule has 0 atom stereocenters. The van der Waals surface area contributed by atoms with Gasteiger partial charge in [0.2, 0.25) is 0 Å². The quantitative estimate of drug-likeness (QED) is 0.225. The Kier molecular flexibility index (Phi) is 6.73. The molecule has 0 aliphatic rings. The topological polar surface area (TPSA) is 67.5 Å². The summed E-state index contributed by atoms with van der Waals surface area (Å²) in [6.45, 7) is 0. The number of nitrogens with zero attached hydrogens (tertiary/aromatic N) is 2. The summed E-state index contributed by atoms with van der Waals surface area (Å²) in [5, 5.41) is 14.7. The second-order valence-corrected chi connectivity index (χ2v) is 7.57. The van der Waals surface area contributed by atoms with Gasteiger partial charge in [0.25, 0.3) is 5.69 Å². The van der Waals surface area contributed by atoms with Crippen LogP contribution in [0, 0.1) is 10.1 Å². The fourth-order valence-electron chi connectivity index (χ4n) is 2.47. The maximum Gasteiger partial charge on any atom is 0.278 e. The van der Waals surface area contributed by atoms with E-state index >= 15 is 0 Å². The fraction of sp³-hybridized carbons (Fsp3) is 0. The minimum absolute atomic E-state index is 0.0235. The molecule has 0 fully saturated rings. The molecule has 3 aromatic rings. The van der Waals surface area contributed by atoms with Gasteiger partial charge in [-0.1, -0.05) is 44.0 Å². The van der Waals surface area contributed by atoms with Crippen molar-refractivity contribution in [2.24, 2.45) is 4.99 Å². The number of hydrogen-bond donors (Lipinski definition) is 1. The Balaban J connectivity index is 1.97. The lowest BCUT2D eigenvalue weighted by atomic mass is 10.1. The summed E-state index contributed by atoms with van der Waals surface area (Å²) in [6, 6.07) is 21.7. The molecule has 0 saturated carbocycles. The molecule has 0 aliphatic carbocycles. The third-order valence-corrected chi connectivity index (χ3v) is 4.86. The summed E-state index contributed by atoms with van der Waals surface area (Å²) >= 11 is 6.79. The van der Waals surface area contributed by atoms with Gasteiger partial charge < -0.3 is 5.32 Å². The molecule has 7 heteroatoms. The Bertz CT molecular complexity index is 1030. The number of para-hydroxylation sites is 1. The lowest BCUT2D eigenvalue weighted by Gasteiger charge is -2.11. The summed E-state index contributed by atoms with van der Waals surface area (Å²) in [7, 11) is 0. The van der Waals surface area contributed by atoms with Crippen LogP contribution in [-0.2, 0) is 0 Å². The van der Waals surface area contributed by atoms with Crippen molar-refractivity contribution in [3.63, 3.8) is 0 Å². The number of nitro benzene ring substituents is 1. The highest BCUT2D eigenvalue weighted by atomic mass is 79.9. The zero-order chi connectivity index (χ0) is 19.9. The smallest absolute Gasteiger partial charge is 0.278 e. The standard InChI is InChI=1S/C21H15Br2N3O2/c22-15-5-9-17(10-6-15)24-14-13-20(25-18-11-7-16(23)8-12-18)19-3-1-2-4-21(19)26(27)28/h1-14,25H/b20-13+,24-14?. The zero-order valence-electron chi connectivity index (χ0n) is 14.5. The van der Waals surface area contributed by atoms with Gasteiger partial charge in [-0.3, -0.25) is 15.1 Å². The molecule has 0 saturated heterocycles. The average molecular weight is 501 g/mol. The third-order valence-electron chi connectivity index (χ3n) is 3.81. The number of halogens is 2. The van der Waals surface area contributed by atoms with Crippen LogP contribution in [0.15, 0.2) is 92.8 Å². The number of aliphatic imine (C=N–C) groups is 1. The molecular weight excluding hydrogens is 486 g/mol. The van der Waals surface area contributed by atoms with Crippen LogP contribution in [-0.4, -0.2) is 11.1 Å². The first-order chi connectivity index (χ1) is 13.5. The van der Waals surface area contributed by atoms with Gasteiger partial charge in [0.1, 0.15) is 0 Å². The molecule has 0 radical (unpaired) electrons. The number of allylic oxidation sites excluding steroid dienone is 1. The van der Waals surface area contributed by atoms with Crippen molar-refractivity contribution in [3.8, 4) is 0 Å². The number of rotatable bonds is 6. The minimum atomic E-state index is -0.391. The van der Waals surface area contributed by atoms with Crippen LogP contribution >= 0.6 is 31.9 Å². The second kappa shape index (κ2) is 9.43. The molecule has 140 valence electrons. The van der Waals surface area contributed by atoms with Crippen molar-refractivity contribution < 1.29 is 4.92 Å². The summed E-state index contributed by atoms with van der Waals surface area (Å²) < 4.78 is 1.92. The van der Waals surface area contributed by atoms with Crippen LogP contribution in [0.1, 0.15) is 5.56 Å². The number of nitrogens with one attached hydrogen (secondary N) is 1. The predicted octanol–water partition coefficient (Wildman–Crippen LogP) is 6.98. The number of nitro groups is 1. The first kappa shape index (κ1) is 20.0. The minimum Gasteiger partial charge on any atom is -0.355 e. The van der Waals surface area contributed by atoms with E-state index in [4.69, 9.17) is 0 Å². The van der Waals surface area contributed by atoms with Crippen LogP contribution in [0.2, 0.25) is 0 Å². The SMILES string of the molecule is O=[N+]([O-])c1ccccc1/C(=C\C=Nc1ccc(Br)cc1)Nc1ccc(Br)cc1. The van der Waals surface area contributed by atoms with E-state index in [1.54, 1.807) is 30.5 Å². The van der Waals surface area contributed by atoms with Gasteiger partial charge in [-0.25, -0.2) is 0 Å². The maximum atomic E-state index is 11.5. The van der Waals surface area contributed by atoms with Crippen molar-refractivity contribution in [2.75, 3.05) is 5.32 Å². The summed E-state index contributed by atoms with van der Waals surface area (Å²) in [5.74, 6) is 0. The molecule has 1 N–H and O–H groups in total. The van der Waals surface area contributed by atoms with E-state index in [0.29, 0.717) is 11.3 Å². The van der Waals surface area contributed by atoms with Crippen LogP contribution in [0.5, 0.6) is 0 Å². The number of benzene rings is 3. The first-order valence-electron chi connectivity index (χ1n) is 8.29. The summed E-state index contributed by atoms with van der Waals surface area (Å²) in [6.07, 6.45) is 3.35. The lowest BCUT2D eigenvalue weighted by Crippen LogP contribution is -2.03. The Hall–Kier alpha value is -2.77. The summed E-state index contributed by atoms with van der Waals surface area (Å²) in [5.41, 5.74) is 2.68. The van der Waals surface area contributed by atoms with E-state index in [0.717, 1.165) is 20.3 Å². The number of hydrogen-bond acceptors (Lipinski definition) is 4. The van der Waals surface area contributed by atoms with Crippen LogP contribution in [0.4, 0.5) is 17.1 Å². The van der Waals surface area contributed by atoms with E-state index in [1.165, 1.54) is 6.07 Å². The van der Waals surface area contributed by atoms with Crippen LogP contribution in [0.25, 0.3) is 5.70 Å². The molecule has 3 aromatic carbocycles. The monoisotopic (exact) mass is 499 g/mol. The Morgan fingerprint density at radius 1 is 0.929 bits per heavy atom. The normalized spacial score (nSPS) is 11.6. The third kappa shape index (κ3) is 5.37. The van der Waals surface area contributed by atoms with Crippen molar-refractivity contribution in [2.45, 2.75) is 0 Å².